The van der Waals surface area contributed by atoms with E-state index in [0.29, 0.717) is 30.9 Å². The number of carbonyl (C=O) groups is 2. The van der Waals surface area contributed by atoms with Gasteiger partial charge in [0.1, 0.15) is 0 Å². The topological polar surface area (TPSA) is 49.4 Å². The van der Waals surface area contributed by atoms with Gasteiger partial charge in [-0.15, -0.1) is 11.3 Å². The first-order chi connectivity index (χ1) is 13.4. The summed E-state index contributed by atoms with van der Waals surface area (Å²) in [6, 6.07) is 5.55. The number of aryl methyl sites for hydroxylation is 1. The molecule has 0 aliphatic carbocycles. The number of benzene rings is 1. The lowest BCUT2D eigenvalue weighted by atomic mass is 9.93. The molecular weight excluding hydrogens is 382 g/mol. The van der Waals surface area contributed by atoms with Gasteiger partial charge in [0.2, 0.25) is 5.91 Å². The summed E-state index contributed by atoms with van der Waals surface area (Å²) >= 11 is 1.47. The van der Waals surface area contributed by atoms with Gasteiger partial charge in [0.15, 0.2) is 11.6 Å². The van der Waals surface area contributed by atoms with Crippen molar-refractivity contribution in [2.45, 2.75) is 39.2 Å². The van der Waals surface area contributed by atoms with E-state index in [-0.39, 0.29) is 18.4 Å². The Morgan fingerprint density at radius 2 is 2.07 bits per heavy atom. The summed E-state index contributed by atoms with van der Waals surface area (Å²) in [5, 5.41) is 4.67. The molecule has 4 nitrogen and oxygen atoms in total. The van der Waals surface area contributed by atoms with Crippen molar-refractivity contribution in [2.24, 2.45) is 5.92 Å². The number of nitrogens with zero attached hydrogens (tertiary/aromatic N) is 1. The van der Waals surface area contributed by atoms with E-state index in [1.54, 1.807) is 0 Å². The third-order valence-electron chi connectivity index (χ3n) is 5.12. The number of piperidine rings is 1. The number of halogens is 2. The van der Waals surface area contributed by atoms with Crippen LogP contribution in [0.15, 0.2) is 29.6 Å². The Bertz CT molecular complexity index is 853. The molecule has 28 heavy (non-hydrogen) atoms. The Hall–Kier alpha value is -2.28. The molecule has 1 aromatic carbocycles. The van der Waals surface area contributed by atoms with Gasteiger partial charge in [0.05, 0.1) is 4.88 Å². The summed E-state index contributed by atoms with van der Waals surface area (Å²) in [7, 11) is 0. The molecule has 2 heterocycles. The maximum absolute atomic E-state index is 13.2. The van der Waals surface area contributed by atoms with E-state index in [1.807, 2.05) is 23.3 Å². The predicted octanol–water partition coefficient (Wildman–Crippen LogP) is 4.28. The van der Waals surface area contributed by atoms with Gasteiger partial charge in [-0.05, 0) is 66.8 Å². The van der Waals surface area contributed by atoms with Crippen LogP contribution in [0.1, 0.15) is 46.5 Å². The number of hydrogen-bond donors (Lipinski definition) is 1. The van der Waals surface area contributed by atoms with Gasteiger partial charge in [-0.3, -0.25) is 9.59 Å². The third-order valence-corrected chi connectivity index (χ3v) is 6.12. The minimum absolute atomic E-state index is 0.0833. The van der Waals surface area contributed by atoms with Crippen molar-refractivity contribution in [2.75, 3.05) is 13.1 Å². The molecule has 150 valence electrons. The van der Waals surface area contributed by atoms with E-state index in [2.05, 4.69) is 5.32 Å². The van der Waals surface area contributed by atoms with Crippen molar-refractivity contribution in [3.8, 4) is 0 Å². The van der Waals surface area contributed by atoms with Crippen LogP contribution in [-0.4, -0.2) is 29.8 Å². The lowest BCUT2D eigenvalue weighted by Gasteiger charge is -2.32. The molecule has 2 amide bonds. The minimum atomic E-state index is -0.917. The molecule has 1 saturated heterocycles. The van der Waals surface area contributed by atoms with Crippen molar-refractivity contribution >= 4 is 23.2 Å². The molecule has 0 saturated carbocycles. The average Bonchev–Trinajstić information content (AvgIpc) is 3.12. The van der Waals surface area contributed by atoms with Crippen LogP contribution in [0.4, 0.5) is 8.78 Å². The number of carbonyl (C=O) groups excluding carboxylic acids is 2. The summed E-state index contributed by atoms with van der Waals surface area (Å²) in [6.45, 7) is 3.55. The summed E-state index contributed by atoms with van der Waals surface area (Å²) < 4.78 is 26.1. The Labute approximate surface area is 167 Å². The zero-order valence-corrected chi connectivity index (χ0v) is 16.7. The van der Waals surface area contributed by atoms with E-state index in [1.165, 1.54) is 17.4 Å². The Balaban J connectivity index is 1.44. The van der Waals surface area contributed by atoms with Crippen molar-refractivity contribution in [1.29, 1.82) is 0 Å². The van der Waals surface area contributed by atoms with Crippen LogP contribution in [0.25, 0.3) is 0 Å². The zero-order chi connectivity index (χ0) is 20.1. The largest absolute Gasteiger partial charge is 0.352 e. The highest BCUT2D eigenvalue weighted by atomic mass is 32.1. The lowest BCUT2D eigenvalue weighted by molar-refractivity contribution is -0.121. The highest BCUT2D eigenvalue weighted by molar-refractivity contribution is 7.12. The van der Waals surface area contributed by atoms with Gasteiger partial charge in [-0.25, -0.2) is 8.78 Å². The van der Waals surface area contributed by atoms with E-state index < -0.39 is 11.6 Å². The predicted molar refractivity (Wildman–Crippen MR) is 105 cm³/mol. The third kappa shape index (κ3) is 5.16. The van der Waals surface area contributed by atoms with E-state index in [9.17, 15) is 18.4 Å². The van der Waals surface area contributed by atoms with Gasteiger partial charge < -0.3 is 10.2 Å². The first-order valence-electron chi connectivity index (χ1n) is 9.48. The van der Waals surface area contributed by atoms with Gasteiger partial charge >= 0.3 is 0 Å². The maximum Gasteiger partial charge on any atom is 0.264 e. The van der Waals surface area contributed by atoms with E-state index in [0.717, 1.165) is 42.0 Å². The minimum Gasteiger partial charge on any atom is -0.352 e. The molecule has 1 aliphatic rings. The number of hydrogen-bond acceptors (Lipinski definition) is 3. The van der Waals surface area contributed by atoms with Crippen LogP contribution >= 0.6 is 11.3 Å². The second kappa shape index (κ2) is 9.28. The Kier molecular flexibility index (Phi) is 6.78. The standard InChI is InChI=1S/C21H24F2N2O2S/c1-14-8-10-28-20(14)21(27)25-9-2-3-15(13-25)5-7-19(26)24-12-16-4-6-17(22)18(23)11-16/h4,6,8,10-11,15H,2-3,5,7,9,12-13H2,1H3,(H,24,26)/t15-/m1/s1. The van der Waals surface area contributed by atoms with Crippen LogP contribution in [0.5, 0.6) is 0 Å². The quantitative estimate of drug-likeness (QED) is 0.778. The number of rotatable bonds is 6. The number of nitrogens with one attached hydrogen (secondary N) is 1. The zero-order valence-electron chi connectivity index (χ0n) is 15.8. The van der Waals surface area contributed by atoms with Gasteiger partial charge in [0, 0.05) is 26.1 Å². The molecule has 7 heteroatoms. The Morgan fingerprint density at radius 1 is 1.25 bits per heavy atom. The molecule has 1 fully saturated rings. The molecule has 1 aromatic heterocycles. The van der Waals surface area contributed by atoms with Crippen molar-refractivity contribution < 1.29 is 18.4 Å². The molecule has 0 bridgehead atoms. The fourth-order valence-electron chi connectivity index (χ4n) is 3.49. The number of likely N-dealkylation sites (tertiary alicyclic amines) is 1. The van der Waals surface area contributed by atoms with Crippen LogP contribution < -0.4 is 5.32 Å². The summed E-state index contributed by atoms with van der Waals surface area (Å²) in [4.78, 5) is 27.5. The molecule has 1 N–H and O–H groups in total. The number of amides is 2. The molecule has 3 rings (SSSR count). The van der Waals surface area contributed by atoms with Crippen molar-refractivity contribution in [3.63, 3.8) is 0 Å². The monoisotopic (exact) mass is 406 g/mol. The van der Waals surface area contributed by atoms with Crippen LogP contribution in [0.3, 0.4) is 0 Å². The van der Waals surface area contributed by atoms with Crippen LogP contribution in [0.2, 0.25) is 0 Å². The van der Waals surface area contributed by atoms with Gasteiger partial charge in [-0.1, -0.05) is 6.07 Å². The van der Waals surface area contributed by atoms with E-state index >= 15 is 0 Å². The normalized spacial score (nSPS) is 16.8. The van der Waals surface area contributed by atoms with Crippen molar-refractivity contribution in [1.82, 2.24) is 10.2 Å². The number of thiophene rings is 1. The molecule has 2 aromatic rings. The molecular formula is C21H24F2N2O2S. The van der Waals surface area contributed by atoms with E-state index in [4.69, 9.17) is 0 Å². The van der Waals surface area contributed by atoms with Gasteiger partial charge in [-0.2, -0.15) is 0 Å². The summed E-state index contributed by atoms with van der Waals surface area (Å²) in [6.07, 6.45) is 3.01. The highest BCUT2D eigenvalue weighted by Crippen LogP contribution is 2.25. The second-order valence-corrected chi connectivity index (χ2v) is 8.17. The molecule has 1 atom stereocenters. The fraction of sp³-hybridized carbons (Fsp3) is 0.429. The second-order valence-electron chi connectivity index (χ2n) is 7.26. The first-order valence-corrected chi connectivity index (χ1v) is 10.4. The first kappa shape index (κ1) is 20.5. The summed E-state index contributed by atoms with van der Waals surface area (Å²) in [5.41, 5.74) is 1.53. The van der Waals surface area contributed by atoms with Crippen molar-refractivity contribution in [3.05, 3.63) is 57.3 Å². The summed E-state index contributed by atoms with van der Waals surface area (Å²) in [5.74, 6) is -1.56. The molecule has 0 radical (unpaired) electrons. The molecule has 0 unspecified atom stereocenters. The fourth-order valence-corrected chi connectivity index (χ4v) is 4.39. The maximum atomic E-state index is 13.2. The Morgan fingerprint density at radius 3 is 2.79 bits per heavy atom. The highest BCUT2D eigenvalue weighted by Gasteiger charge is 2.26. The SMILES string of the molecule is Cc1ccsc1C(=O)N1CCC[C@H](CCC(=O)NCc2ccc(F)c(F)c2)C1. The average molecular weight is 406 g/mol. The molecule has 0 spiro atoms. The van der Waals surface area contributed by atoms with Gasteiger partial charge in [0.25, 0.3) is 5.91 Å². The van der Waals surface area contributed by atoms with Crippen LogP contribution in [0, 0.1) is 24.5 Å². The lowest BCUT2D eigenvalue weighted by Crippen LogP contribution is -2.40. The molecule has 1 aliphatic heterocycles. The van der Waals surface area contributed by atoms with Crippen LogP contribution in [-0.2, 0) is 11.3 Å². The smallest absolute Gasteiger partial charge is 0.264 e.